The molecule has 4 nitrogen and oxygen atoms in total. The first-order chi connectivity index (χ1) is 13.3. The molecular formula is C21H19N3OS2. The minimum atomic E-state index is 0.490. The Morgan fingerprint density at radius 3 is 2.44 bits per heavy atom. The van der Waals surface area contributed by atoms with Crippen molar-refractivity contribution in [2.75, 3.05) is 11.4 Å². The fraction of sp³-hybridized carbons (Fsp3) is 0.143. The fourth-order valence-electron chi connectivity index (χ4n) is 2.79. The van der Waals surface area contributed by atoms with Crippen LogP contribution in [0.15, 0.2) is 82.4 Å². The quantitative estimate of drug-likeness (QED) is 0.393. The van der Waals surface area contributed by atoms with Crippen LogP contribution in [0.3, 0.4) is 0 Å². The molecule has 2 aromatic heterocycles. The molecule has 0 aliphatic carbocycles. The lowest BCUT2D eigenvalue weighted by Gasteiger charge is -2.18. The highest BCUT2D eigenvalue weighted by Crippen LogP contribution is 2.27. The van der Waals surface area contributed by atoms with Crippen molar-refractivity contribution in [3.05, 3.63) is 83.6 Å². The molecule has 0 aliphatic heterocycles. The molecule has 2 aromatic carbocycles. The van der Waals surface area contributed by atoms with E-state index in [2.05, 4.69) is 41.1 Å². The minimum Gasteiger partial charge on any atom is -0.467 e. The minimum absolute atomic E-state index is 0.490. The highest BCUT2D eigenvalue weighted by atomic mass is 32.9. The van der Waals surface area contributed by atoms with Crippen LogP contribution in [0.4, 0.5) is 10.8 Å². The van der Waals surface area contributed by atoms with Crippen molar-refractivity contribution in [3.8, 4) is 11.1 Å². The number of para-hydroxylation sites is 1. The van der Waals surface area contributed by atoms with Gasteiger partial charge in [0.2, 0.25) is 9.93 Å². The van der Waals surface area contributed by atoms with Crippen LogP contribution in [0.5, 0.6) is 0 Å². The Morgan fingerprint density at radius 2 is 1.70 bits per heavy atom. The van der Waals surface area contributed by atoms with E-state index < -0.39 is 0 Å². The Labute approximate surface area is 165 Å². The molecule has 0 fully saturated rings. The highest BCUT2D eigenvalue weighted by Gasteiger charge is 2.10. The second kappa shape index (κ2) is 8.33. The molecule has 0 spiro atoms. The average molecular weight is 394 g/mol. The number of aromatic nitrogens is 1. The monoisotopic (exact) mass is 393 g/mol. The number of nitrogens with zero attached hydrogens (tertiary/aromatic N) is 3. The normalized spacial score (nSPS) is 11.7. The Bertz CT molecular complexity index is 1050. The number of hydrogen-bond donors (Lipinski definition) is 0. The zero-order valence-corrected chi connectivity index (χ0v) is 16.5. The summed E-state index contributed by atoms with van der Waals surface area (Å²) in [5.74, 6) is 0.839. The van der Waals surface area contributed by atoms with E-state index in [0.29, 0.717) is 6.54 Å². The molecule has 0 atom stereocenters. The van der Waals surface area contributed by atoms with Gasteiger partial charge in [-0.2, -0.15) is 4.98 Å². The van der Waals surface area contributed by atoms with E-state index >= 15 is 0 Å². The Balaban J connectivity index is 1.50. The Kier molecular flexibility index (Phi) is 5.46. The van der Waals surface area contributed by atoms with Gasteiger partial charge in [-0.3, -0.25) is 0 Å². The van der Waals surface area contributed by atoms with Crippen LogP contribution in [-0.2, 0) is 6.54 Å². The Hall–Kier alpha value is -2.70. The molecule has 0 unspecified atom stereocenters. The summed E-state index contributed by atoms with van der Waals surface area (Å²) in [6.07, 6.45) is 1.78. The van der Waals surface area contributed by atoms with Crippen LogP contribution < -0.4 is 9.70 Å². The SMILES string of the molecule is CCN(c1ccccc1)c1nc(=NCc2cc(-c3ccccc3)co2)ss1. The van der Waals surface area contributed by atoms with Crippen molar-refractivity contribution in [2.45, 2.75) is 13.5 Å². The molecule has 0 saturated heterocycles. The molecule has 0 saturated carbocycles. The van der Waals surface area contributed by atoms with Gasteiger partial charge in [-0.1, -0.05) is 48.5 Å². The van der Waals surface area contributed by atoms with Crippen molar-refractivity contribution in [3.63, 3.8) is 0 Å². The van der Waals surface area contributed by atoms with E-state index in [1.54, 1.807) is 26.9 Å². The van der Waals surface area contributed by atoms with E-state index in [4.69, 9.17) is 9.40 Å². The van der Waals surface area contributed by atoms with E-state index in [1.165, 1.54) is 0 Å². The number of hydrogen-bond acceptors (Lipinski definition) is 6. The standard InChI is InChI=1S/C21H19N3OS2/c1-2-24(18-11-7-4-8-12-18)21-23-20(26-27-21)22-14-19-13-17(15-25-19)16-9-5-3-6-10-16/h3-13,15H,2,14H2,1H3. The molecular weight excluding hydrogens is 374 g/mol. The van der Waals surface area contributed by atoms with Crippen LogP contribution in [-0.4, -0.2) is 11.5 Å². The lowest BCUT2D eigenvalue weighted by Crippen LogP contribution is -2.16. The molecule has 0 N–H and O–H groups in total. The third-order valence-corrected chi connectivity index (χ3v) is 6.19. The number of furan rings is 1. The first-order valence-corrected chi connectivity index (χ1v) is 10.9. The predicted molar refractivity (Wildman–Crippen MR) is 113 cm³/mol. The third-order valence-electron chi connectivity index (χ3n) is 4.13. The van der Waals surface area contributed by atoms with Crippen LogP contribution in [0.1, 0.15) is 12.7 Å². The van der Waals surface area contributed by atoms with E-state index in [0.717, 1.165) is 39.1 Å². The first-order valence-electron chi connectivity index (χ1n) is 8.76. The van der Waals surface area contributed by atoms with Gasteiger partial charge in [0.15, 0.2) is 0 Å². The maximum Gasteiger partial charge on any atom is 0.217 e. The lowest BCUT2D eigenvalue weighted by atomic mass is 10.1. The van der Waals surface area contributed by atoms with Crippen molar-refractivity contribution < 1.29 is 4.42 Å². The van der Waals surface area contributed by atoms with Gasteiger partial charge in [0.05, 0.1) is 6.26 Å². The van der Waals surface area contributed by atoms with Gasteiger partial charge in [-0.15, -0.1) is 0 Å². The number of rotatable bonds is 6. The van der Waals surface area contributed by atoms with Gasteiger partial charge in [-0.25, -0.2) is 4.99 Å². The summed E-state index contributed by atoms with van der Waals surface area (Å²) in [6.45, 7) is 3.48. The van der Waals surface area contributed by atoms with Crippen LogP contribution in [0, 0.1) is 0 Å². The summed E-state index contributed by atoms with van der Waals surface area (Å²) in [4.78, 5) is 12.3. The lowest BCUT2D eigenvalue weighted by molar-refractivity contribution is 0.511. The summed E-state index contributed by atoms with van der Waals surface area (Å²) in [7, 11) is 3.24. The molecule has 0 aliphatic rings. The van der Waals surface area contributed by atoms with Gasteiger partial charge < -0.3 is 9.32 Å². The summed E-state index contributed by atoms with van der Waals surface area (Å²) >= 11 is 0. The van der Waals surface area contributed by atoms with Crippen molar-refractivity contribution in [2.24, 2.45) is 4.99 Å². The van der Waals surface area contributed by atoms with Crippen LogP contribution in [0.2, 0.25) is 0 Å². The van der Waals surface area contributed by atoms with Crippen molar-refractivity contribution in [1.82, 2.24) is 4.98 Å². The molecule has 0 radical (unpaired) electrons. The summed E-state index contributed by atoms with van der Waals surface area (Å²) in [6, 6.07) is 22.6. The topological polar surface area (TPSA) is 41.6 Å². The zero-order chi connectivity index (χ0) is 18.5. The zero-order valence-electron chi connectivity index (χ0n) is 14.9. The highest BCUT2D eigenvalue weighted by molar-refractivity contribution is 7.69. The molecule has 136 valence electrons. The van der Waals surface area contributed by atoms with Gasteiger partial charge >= 0.3 is 0 Å². The third kappa shape index (κ3) is 4.18. The van der Waals surface area contributed by atoms with Crippen molar-refractivity contribution >= 4 is 31.5 Å². The average Bonchev–Trinajstić information content (AvgIpc) is 3.38. The van der Waals surface area contributed by atoms with Gasteiger partial charge in [0, 0.05) is 17.8 Å². The smallest absolute Gasteiger partial charge is 0.217 e. The van der Waals surface area contributed by atoms with E-state index in [-0.39, 0.29) is 0 Å². The molecule has 27 heavy (non-hydrogen) atoms. The Morgan fingerprint density at radius 1 is 0.963 bits per heavy atom. The second-order valence-electron chi connectivity index (χ2n) is 5.91. The molecule has 0 bridgehead atoms. The summed E-state index contributed by atoms with van der Waals surface area (Å²) in [5.41, 5.74) is 3.36. The van der Waals surface area contributed by atoms with Crippen molar-refractivity contribution in [1.29, 1.82) is 0 Å². The second-order valence-corrected chi connectivity index (χ2v) is 7.97. The van der Waals surface area contributed by atoms with E-state index in [1.807, 2.05) is 42.5 Å². The predicted octanol–water partition coefficient (Wildman–Crippen LogP) is 5.72. The molecule has 2 heterocycles. The molecule has 4 rings (SSSR count). The maximum absolute atomic E-state index is 5.66. The number of benzene rings is 2. The summed E-state index contributed by atoms with van der Waals surface area (Å²) < 4.78 is 5.66. The van der Waals surface area contributed by atoms with Gasteiger partial charge in [0.1, 0.15) is 12.3 Å². The van der Waals surface area contributed by atoms with Gasteiger partial charge in [-0.05, 0) is 51.4 Å². The molecule has 6 heteroatoms. The number of anilines is 2. The van der Waals surface area contributed by atoms with E-state index in [9.17, 15) is 0 Å². The molecule has 4 aromatic rings. The van der Waals surface area contributed by atoms with Crippen LogP contribution >= 0.6 is 20.7 Å². The largest absolute Gasteiger partial charge is 0.467 e. The maximum atomic E-state index is 5.66. The van der Waals surface area contributed by atoms with Crippen LogP contribution in [0.25, 0.3) is 11.1 Å². The first kappa shape index (κ1) is 17.7. The van der Waals surface area contributed by atoms with Gasteiger partial charge in [0.25, 0.3) is 0 Å². The fourth-order valence-corrected chi connectivity index (χ4v) is 4.78. The summed E-state index contributed by atoms with van der Waals surface area (Å²) in [5, 5.41) is 0.969. The molecule has 0 amide bonds.